The highest BCUT2D eigenvalue weighted by atomic mass is 32.2. The summed E-state index contributed by atoms with van der Waals surface area (Å²) in [6.45, 7) is 0. The van der Waals surface area contributed by atoms with Crippen molar-refractivity contribution in [3.8, 4) is 0 Å². The smallest absolute Gasteiger partial charge is 0.153 e. The van der Waals surface area contributed by atoms with Gasteiger partial charge in [0.1, 0.15) is 5.82 Å². The highest BCUT2D eigenvalue weighted by Gasteiger charge is 2.05. The Kier molecular flexibility index (Phi) is 2.49. The highest BCUT2D eigenvalue weighted by Crippen LogP contribution is 2.30. The normalized spacial score (nSPS) is 10.8. The van der Waals surface area contributed by atoms with Crippen LogP contribution in [0, 0.1) is 0 Å². The molecule has 0 bridgehead atoms. The van der Waals surface area contributed by atoms with Gasteiger partial charge in [0.2, 0.25) is 0 Å². The second-order valence-electron chi connectivity index (χ2n) is 3.68. The van der Waals surface area contributed by atoms with Crippen LogP contribution in [-0.2, 0) is 0 Å². The van der Waals surface area contributed by atoms with E-state index in [-0.39, 0.29) is 0 Å². The van der Waals surface area contributed by atoms with Crippen LogP contribution < -0.4 is 5.73 Å². The van der Waals surface area contributed by atoms with Gasteiger partial charge in [0.05, 0.1) is 11.1 Å². The van der Waals surface area contributed by atoms with Crippen molar-refractivity contribution < 1.29 is 0 Å². The van der Waals surface area contributed by atoms with E-state index in [0.29, 0.717) is 5.82 Å². The average Bonchev–Trinajstić information content (AvgIpc) is 2.72. The fourth-order valence-corrected chi connectivity index (χ4v) is 2.64. The summed E-state index contributed by atoms with van der Waals surface area (Å²) in [6.07, 6.45) is 3.78. The van der Waals surface area contributed by atoms with Gasteiger partial charge in [-0.3, -0.25) is 0 Å². The van der Waals surface area contributed by atoms with Crippen LogP contribution in [0.5, 0.6) is 0 Å². The van der Waals surface area contributed by atoms with Gasteiger partial charge in [-0.1, -0.05) is 30.0 Å². The van der Waals surface area contributed by atoms with Crippen LogP contribution in [0.25, 0.3) is 5.65 Å². The maximum atomic E-state index is 5.71. The molecular formula is C13H11N3S. The van der Waals surface area contributed by atoms with E-state index in [0.717, 1.165) is 10.5 Å². The zero-order chi connectivity index (χ0) is 11.7. The predicted molar refractivity (Wildman–Crippen MR) is 70.2 cm³/mol. The molecule has 0 aliphatic heterocycles. The van der Waals surface area contributed by atoms with Crippen LogP contribution in [0.3, 0.4) is 0 Å². The summed E-state index contributed by atoms with van der Waals surface area (Å²) >= 11 is 1.69. The molecule has 17 heavy (non-hydrogen) atoms. The van der Waals surface area contributed by atoms with E-state index in [2.05, 4.69) is 23.2 Å². The summed E-state index contributed by atoms with van der Waals surface area (Å²) in [5, 5.41) is 0. The molecule has 3 aromatic rings. The van der Waals surface area contributed by atoms with Gasteiger partial charge in [0, 0.05) is 11.1 Å². The van der Waals surface area contributed by atoms with Crippen molar-refractivity contribution >= 4 is 23.2 Å². The topological polar surface area (TPSA) is 43.3 Å². The number of aromatic nitrogens is 2. The molecule has 0 saturated heterocycles. The van der Waals surface area contributed by atoms with Crippen molar-refractivity contribution in [1.82, 2.24) is 9.38 Å². The number of nitrogens with two attached hydrogens (primary N) is 1. The van der Waals surface area contributed by atoms with Crippen molar-refractivity contribution in [2.75, 3.05) is 5.73 Å². The lowest BCUT2D eigenvalue weighted by Gasteiger charge is -2.02. The standard InChI is InChI=1S/C13H11N3S/c14-12-9-16-8-4-7-11(13(16)15-12)17-10-5-2-1-3-6-10/h1-9H,14H2. The van der Waals surface area contributed by atoms with Crippen LogP contribution >= 0.6 is 11.8 Å². The second-order valence-corrected chi connectivity index (χ2v) is 4.80. The van der Waals surface area contributed by atoms with Crippen LogP contribution in [-0.4, -0.2) is 9.38 Å². The molecule has 0 radical (unpaired) electrons. The van der Waals surface area contributed by atoms with Gasteiger partial charge >= 0.3 is 0 Å². The van der Waals surface area contributed by atoms with Crippen molar-refractivity contribution in [2.24, 2.45) is 0 Å². The molecule has 1 aromatic carbocycles. The monoisotopic (exact) mass is 241 g/mol. The minimum atomic E-state index is 0.547. The number of rotatable bonds is 2. The molecule has 2 heterocycles. The third kappa shape index (κ3) is 1.99. The molecule has 4 heteroatoms. The first-order valence-corrected chi connectivity index (χ1v) is 6.11. The number of pyridine rings is 1. The van der Waals surface area contributed by atoms with E-state index in [9.17, 15) is 0 Å². The summed E-state index contributed by atoms with van der Waals surface area (Å²) in [7, 11) is 0. The Bertz CT molecular complexity index is 646. The molecule has 0 aliphatic carbocycles. The highest BCUT2D eigenvalue weighted by molar-refractivity contribution is 7.99. The fraction of sp³-hybridized carbons (Fsp3) is 0. The molecule has 0 aliphatic rings. The maximum Gasteiger partial charge on any atom is 0.153 e. The maximum absolute atomic E-state index is 5.71. The molecular weight excluding hydrogens is 230 g/mol. The van der Waals surface area contributed by atoms with Crippen LogP contribution in [0.1, 0.15) is 0 Å². The molecule has 0 fully saturated rings. The van der Waals surface area contributed by atoms with E-state index in [1.54, 1.807) is 11.8 Å². The van der Waals surface area contributed by atoms with Gasteiger partial charge in [0.25, 0.3) is 0 Å². The molecule has 3 nitrogen and oxygen atoms in total. The summed E-state index contributed by atoms with van der Waals surface area (Å²) in [6, 6.07) is 14.3. The molecule has 2 N–H and O–H groups in total. The lowest BCUT2D eigenvalue weighted by molar-refractivity contribution is 1.14. The Hall–Kier alpha value is -1.94. The Labute approximate surface area is 103 Å². The number of nitrogen functional groups attached to an aromatic ring is 1. The van der Waals surface area contributed by atoms with Gasteiger partial charge in [-0.05, 0) is 24.3 Å². The Balaban J connectivity index is 2.06. The van der Waals surface area contributed by atoms with Crippen molar-refractivity contribution in [1.29, 1.82) is 0 Å². The summed E-state index contributed by atoms with van der Waals surface area (Å²) in [4.78, 5) is 6.63. The zero-order valence-electron chi connectivity index (χ0n) is 9.08. The van der Waals surface area contributed by atoms with Crippen LogP contribution in [0.2, 0.25) is 0 Å². The summed E-state index contributed by atoms with van der Waals surface area (Å²) in [5.74, 6) is 0.547. The number of hydrogen-bond acceptors (Lipinski definition) is 3. The lowest BCUT2D eigenvalue weighted by atomic mass is 10.4. The Morgan fingerprint density at radius 2 is 1.88 bits per heavy atom. The number of hydrogen-bond donors (Lipinski definition) is 1. The number of anilines is 1. The molecule has 84 valence electrons. The number of imidazole rings is 1. The van der Waals surface area contributed by atoms with Gasteiger partial charge in [-0.15, -0.1) is 0 Å². The molecule has 0 saturated carbocycles. The second kappa shape index (κ2) is 4.14. The number of benzene rings is 1. The minimum Gasteiger partial charge on any atom is -0.382 e. The van der Waals surface area contributed by atoms with E-state index < -0.39 is 0 Å². The quantitative estimate of drug-likeness (QED) is 0.749. The van der Waals surface area contributed by atoms with Crippen molar-refractivity contribution in [3.05, 3.63) is 54.9 Å². The van der Waals surface area contributed by atoms with Crippen LogP contribution in [0.15, 0.2) is 64.6 Å². The zero-order valence-corrected chi connectivity index (χ0v) is 9.89. The van der Waals surface area contributed by atoms with E-state index in [1.807, 2.05) is 41.1 Å². The van der Waals surface area contributed by atoms with E-state index in [1.165, 1.54) is 4.90 Å². The number of nitrogens with zero attached hydrogens (tertiary/aromatic N) is 2. The Morgan fingerprint density at radius 3 is 2.71 bits per heavy atom. The van der Waals surface area contributed by atoms with Crippen LogP contribution in [0.4, 0.5) is 5.82 Å². The molecule has 2 aromatic heterocycles. The Morgan fingerprint density at radius 1 is 1.06 bits per heavy atom. The largest absolute Gasteiger partial charge is 0.382 e. The van der Waals surface area contributed by atoms with Crippen molar-refractivity contribution in [2.45, 2.75) is 9.79 Å². The first-order valence-electron chi connectivity index (χ1n) is 5.29. The molecule has 0 amide bonds. The first-order chi connectivity index (χ1) is 8.33. The van der Waals surface area contributed by atoms with E-state index >= 15 is 0 Å². The third-order valence-corrected chi connectivity index (χ3v) is 3.48. The number of fused-ring (bicyclic) bond motifs is 1. The predicted octanol–water partition coefficient (Wildman–Crippen LogP) is 3.07. The van der Waals surface area contributed by atoms with Gasteiger partial charge in [-0.25, -0.2) is 4.98 Å². The minimum absolute atomic E-state index is 0.547. The summed E-state index contributed by atoms with van der Waals surface area (Å²) < 4.78 is 1.95. The SMILES string of the molecule is Nc1cn2cccc(Sc3ccccc3)c2n1. The fourth-order valence-electron chi connectivity index (χ4n) is 1.70. The van der Waals surface area contributed by atoms with Gasteiger partial charge in [-0.2, -0.15) is 0 Å². The van der Waals surface area contributed by atoms with E-state index in [4.69, 9.17) is 5.73 Å². The molecule has 0 unspecified atom stereocenters. The summed E-state index contributed by atoms with van der Waals surface area (Å²) in [5.41, 5.74) is 6.61. The average molecular weight is 241 g/mol. The molecule has 0 atom stereocenters. The first kappa shape index (κ1) is 10.2. The van der Waals surface area contributed by atoms with Crippen molar-refractivity contribution in [3.63, 3.8) is 0 Å². The van der Waals surface area contributed by atoms with Gasteiger partial charge in [0.15, 0.2) is 5.65 Å². The van der Waals surface area contributed by atoms with Gasteiger partial charge < -0.3 is 10.1 Å². The molecule has 0 spiro atoms. The third-order valence-electron chi connectivity index (χ3n) is 2.44. The molecule has 3 rings (SSSR count). The lowest BCUT2D eigenvalue weighted by Crippen LogP contribution is -1.84.